The minimum atomic E-state index is -4.30. The maximum absolute atomic E-state index is 11.8. The first-order chi connectivity index (χ1) is 9.42. The first-order valence-corrected chi connectivity index (χ1v) is 5.84. The number of hydrogen-bond acceptors (Lipinski definition) is 4. The van der Waals surface area contributed by atoms with Crippen molar-refractivity contribution in [2.45, 2.75) is 12.7 Å². The third-order valence-corrected chi connectivity index (χ3v) is 2.35. The first kappa shape index (κ1) is 16.3. The van der Waals surface area contributed by atoms with E-state index in [-0.39, 0.29) is 12.4 Å². The van der Waals surface area contributed by atoms with Gasteiger partial charge >= 0.3 is 6.18 Å². The van der Waals surface area contributed by atoms with Crippen LogP contribution in [-0.2, 0) is 11.3 Å². The van der Waals surface area contributed by atoms with Crippen molar-refractivity contribution in [3.63, 3.8) is 0 Å². The molecule has 1 aromatic rings. The van der Waals surface area contributed by atoms with Gasteiger partial charge in [-0.05, 0) is 11.6 Å². The van der Waals surface area contributed by atoms with E-state index in [0.717, 1.165) is 5.56 Å². The van der Waals surface area contributed by atoms with Crippen LogP contribution in [0.2, 0.25) is 0 Å². The fourth-order valence-electron chi connectivity index (χ4n) is 1.46. The number of halogens is 3. The number of nitrogens with one attached hydrogen (secondary N) is 1. The van der Waals surface area contributed by atoms with Crippen molar-refractivity contribution in [1.29, 1.82) is 0 Å². The predicted octanol–water partition coefficient (Wildman–Crippen LogP) is 1.45. The summed E-state index contributed by atoms with van der Waals surface area (Å²) >= 11 is 0. The summed E-state index contributed by atoms with van der Waals surface area (Å²) in [4.78, 5) is 0. The summed E-state index contributed by atoms with van der Waals surface area (Å²) < 4.78 is 39.8. The van der Waals surface area contributed by atoms with Crippen LogP contribution in [0, 0.1) is 0 Å². The van der Waals surface area contributed by atoms with Gasteiger partial charge in [0.05, 0.1) is 6.61 Å². The van der Waals surface area contributed by atoms with Gasteiger partial charge in [0, 0.05) is 18.7 Å². The Bertz CT molecular complexity index is 450. The number of hydrogen-bond donors (Lipinski definition) is 3. The second kappa shape index (κ2) is 7.71. The molecule has 0 spiro atoms. The van der Waals surface area contributed by atoms with E-state index in [9.17, 15) is 13.2 Å². The lowest BCUT2D eigenvalue weighted by Crippen LogP contribution is -2.23. The average Bonchev–Trinajstić information content (AvgIpc) is 2.41. The Morgan fingerprint density at radius 3 is 2.80 bits per heavy atom. The summed E-state index contributed by atoms with van der Waals surface area (Å²) in [5.74, 6) is 0.000334. The zero-order chi connectivity index (χ0) is 15.0. The highest BCUT2D eigenvalue weighted by Gasteiger charge is 2.27. The molecule has 1 aromatic carbocycles. The van der Waals surface area contributed by atoms with E-state index in [1.807, 2.05) is 6.07 Å². The van der Waals surface area contributed by atoms with E-state index < -0.39 is 12.8 Å². The third kappa shape index (κ3) is 6.39. The molecule has 0 fully saturated rings. The molecule has 20 heavy (non-hydrogen) atoms. The Balaban J connectivity index is 2.29. The highest BCUT2D eigenvalue weighted by molar-refractivity contribution is 5.97. The van der Waals surface area contributed by atoms with Crippen LogP contribution in [0.1, 0.15) is 11.1 Å². The number of nitrogens with two attached hydrogens (primary N) is 1. The first-order valence-electron chi connectivity index (χ1n) is 5.84. The number of rotatable bonds is 7. The van der Waals surface area contributed by atoms with Crippen molar-refractivity contribution in [1.82, 2.24) is 5.32 Å². The lowest BCUT2D eigenvalue weighted by atomic mass is 10.1. The standard InChI is InChI=1S/C12H16F3N3O2/c13-12(14,15)8-20-5-4-17-7-9-2-1-3-10(6-9)11(16)18-19/h1-3,6,17,19H,4-5,7-8H2,(H2,16,18). The molecule has 0 aliphatic rings. The zero-order valence-electron chi connectivity index (χ0n) is 10.7. The molecule has 4 N–H and O–H groups in total. The predicted molar refractivity (Wildman–Crippen MR) is 67.5 cm³/mol. The molecule has 0 amide bonds. The van der Waals surface area contributed by atoms with Crippen LogP contribution >= 0.6 is 0 Å². The lowest BCUT2D eigenvalue weighted by Gasteiger charge is -2.09. The summed E-state index contributed by atoms with van der Waals surface area (Å²) in [6.45, 7) is -0.529. The Morgan fingerprint density at radius 2 is 2.15 bits per heavy atom. The SMILES string of the molecule is NC(=NO)c1cccc(CNCCOCC(F)(F)F)c1. The minimum absolute atomic E-state index is 0.000334. The van der Waals surface area contributed by atoms with E-state index in [0.29, 0.717) is 18.7 Å². The molecular weight excluding hydrogens is 275 g/mol. The summed E-state index contributed by atoms with van der Waals surface area (Å²) in [7, 11) is 0. The van der Waals surface area contributed by atoms with Crippen LogP contribution in [0.5, 0.6) is 0 Å². The topological polar surface area (TPSA) is 79.9 Å². The van der Waals surface area contributed by atoms with E-state index in [1.54, 1.807) is 18.2 Å². The Labute approximate surface area is 114 Å². The van der Waals surface area contributed by atoms with Crippen molar-refractivity contribution in [2.24, 2.45) is 10.9 Å². The van der Waals surface area contributed by atoms with Gasteiger partial charge in [0.2, 0.25) is 0 Å². The fraction of sp³-hybridized carbons (Fsp3) is 0.417. The maximum atomic E-state index is 11.8. The summed E-state index contributed by atoms with van der Waals surface area (Å²) in [5.41, 5.74) is 6.89. The van der Waals surface area contributed by atoms with Gasteiger partial charge in [-0.3, -0.25) is 0 Å². The molecule has 0 aromatic heterocycles. The normalized spacial score (nSPS) is 12.7. The number of ether oxygens (including phenoxy) is 1. The van der Waals surface area contributed by atoms with Crippen LogP contribution in [0.4, 0.5) is 13.2 Å². The Hall–Kier alpha value is -1.80. The van der Waals surface area contributed by atoms with Crippen molar-refractivity contribution in [3.05, 3.63) is 35.4 Å². The minimum Gasteiger partial charge on any atom is -0.409 e. The highest BCUT2D eigenvalue weighted by Crippen LogP contribution is 2.13. The molecule has 0 radical (unpaired) electrons. The quantitative estimate of drug-likeness (QED) is 0.233. The number of oxime groups is 1. The van der Waals surface area contributed by atoms with Crippen molar-refractivity contribution in [3.8, 4) is 0 Å². The molecule has 0 bridgehead atoms. The zero-order valence-corrected chi connectivity index (χ0v) is 10.7. The Morgan fingerprint density at radius 1 is 1.40 bits per heavy atom. The number of amidine groups is 1. The third-order valence-electron chi connectivity index (χ3n) is 2.35. The van der Waals surface area contributed by atoms with Gasteiger partial charge in [-0.25, -0.2) is 0 Å². The van der Waals surface area contributed by atoms with Gasteiger partial charge in [-0.2, -0.15) is 13.2 Å². The molecule has 1 rings (SSSR count). The molecule has 0 aliphatic heterocycles. The molecule has 0 saturated carbocycles. The summed E-state index contributed by atoms with van der Waals surface area (Å²) in [6.07, 6.45) is -4.30. The van der Waals surface area contributed by atoms with E-state index in [2.05, 4.69) is 15.2 Å². The van der Waals surface area contributed by atoms with Gasteiger partial charge in [0.25, 0.3) is 0 Å². The smallest absolute Gasteiger partial charge is 0.409 e. The molecule has 0 heterocycles. The van der Waals surface area contributed by atoms with E-state index in [4.69, 9.17) is 10.9 Å². The van der Waals surface area contributed by atoms with E-state index >= 15 is 0 Å². The summed E-state index contributed by atoms with van der Waals surface area (Å²) in [6, 6.07) is 6.96. The van der Waals surface area contributed by atoms with E-state index in [1.165, 1.54) is 0 Å². The van der Waals surface area contributed by atoms with Crippen LogP contribution in [0.15, 0.2) is 29.4 Å². The number of nitrogens with zero attached hydrogens (tertiary/aromatic N) is 1. The molecule has 8 heteroatoms. The summed E-state index contributed by atoms with van der Waals surface area (Å²) in [5, 5.41) is 14.4. The van der Waals surface area contributed by atoms with Crippen molar-refractivity contribution < 1.29 is 23.1 Å². The van der Waals surface area contributed by atoms with Crippen LogP contribution in [0.3, 0.4) is 0 Å². The highest BCUT2D eigenvalue weighted by atomic mass is 19.4. The number of alkyl halides is 3. The van der Waals surface area contributed by atoms with Crippen molar-refractivity contribution >= 4 is 5.84 Å². The fourth-order valence-corrected chi connectivity index (χ4v) is 1.46. The van der Waals surface area contributed by atoms with Crippen molar-refractivity contribution in [2.75, 3.05) is 19.8 Å². The maximum Gasteiger partial charge on any atom is 0.411 e. The monoisotopic (exact) mass is 291 g/mol. The molecule has 0 aliphatic carbocycles. The second-order valence-electron chi connectivity index (χ2n) is 4.03. The molecule has 5 nitrogen and oxygen atoms in total. The molecule has 0 unspecified atom stereocenters. The van der Waals surface area contributed by atoms with Crippen LogP contribution in [0.25, 0.3) is 0 Å². The molecule has 0 atom stereocenters. The van der Waals surface area contributed by atoms with Gasteiger partial charge in [0.1, 0.15) is 6.61 Å². The average molecular weight is 291 g/mol. The molecule has 112 valence electrons. The van der Waals surface area contributed by atoms with Crippen LogP contribution < -0.4 is 11.1 Å². The Kier molecular flexibility index (Phi) is 6.26. The second-order valence-corrected chi connectivity index (χ2v) is 4.03. The van der Waals surface area contributed by atoms with Gasteiger partial charge in [0.15, 0.2) is 5.84 Å². The van der Waals surface area contributed by atoms with Gasteiger partial charge in [-0.15, -0.1) is 0 Å². The number of benzene rings is 1. The van der Waals surface area contributed by atoms with Gasteiger partial charge < -0.3 is 21.0 Å². The molecule has 0 saturated heterocycles. The lowest BCUT2D eigenvalue weighted by molar-refractivity contribution is -0.173. The van der Waals surface area contributed by atoms with Crippen LogP contribution in [-0.4, -0.2) is 37.0 Å². The largest absolute Gasteiger partial charge is 0.411 e. The molecular formula is C12H16F3N3O2. The van der Waals surface area contributed by atoms with Gasteiger partial charge in [-0.1, -0.05) is 23.4 Å².